The third-order valence-corrected chi connectivity index (χ3v) is 4.33. The molecule has 158 valence electrons. The number of methoxy groups -OCH3 is 3. The fourth-order valence-electron chi connectivity index (χ4n) is 2.86. The number of nitrogens with zero attached hydrogens (tertiary/aromatic N) is 2. The van der Waals surface area contributed by atoms with E-state index in [0.717, 1.165) is 0 Å². The smallest absolute Gasteiger partial charge is 0.226 e. The van der Waals surface area contributed by atoms with Crippen LogP contribution in [0.3, 0.4) is 0 Å². The van der Waals surface area contributed by atoms with Gasteiger partial charge in [0.25, 0.3) is 0 Å². The van der Waals surface area contributed by atoms with Crippen LogP contribution in [0, 0.1) is 5.82 Å². The SMILES string of the molecule is COc1cc(-c2noc(CCCC(=O)Nc3ccccc3F)n2)cc(OC)c1OC. The van der Waals surface area contributed by atoms with Crippen LogP contribution in [-0.4, -0.2) is 37.4 Å². The van der Waals surface area contributed by atoms with Gasteiger partial charge < -0.3 is 24.1 Å². The number of nitrogens with one attached hydrogen (secondary N) is 1. The van der Waals surface area contributed by atoms with Gasteiger partial charge in [-0.05, 0) is 30.7 Å². The van der Waals surface area contributed by atoms with Crippen LogP contribution >= 0.6 is 0 Å². The lowest BCUT2D eigenvalue weighted by Crippen LogP contribution is -2.12. The van der Waals surface area contributed by atoms with Gasteiger partial charge in [-0.3, -0.25) is 4.79 Å². The number of benzene rings is 2. The molecule has 0 aliphatic rings. The minimum atomic E-state index is -0.474. The highest BCUT2D eigenvalue weighted by Gasteiger charge is 2.17. The summed E-state index contributed by atoms with van der Waals surface area (Å²) in [5.74, 6) is 1.40. The molecule has 1 heterocycles. The van der Waals surface area contributed by atoms with Gasteiger partial charge in [0.1, 0.15) is 5.82 Å². The van der Waals surface area contributed by atoms with Crippen LogP contribution in [-0.2, 0) is 11.2 Å². The van der Waals surface area contributed by atoms with Gasteiger partial charge in [-0.1, -0.05) is 17.3 Å². The molecule has 0 fully saturated rings. The normalized spacial score (nSPS) is 10.5. The summed E-state index contributed by atoms with van der Waals surface area (Å²) in [5, 5.41) is 6.53. The second-order valence-corrected chi connectivity index (χ2v) is 6.31. The molecule has 8 nitrogen and oxygen atoms in total. The first-order valence-electron chi connectivity index (χ1n) is 9.23. The van der Waals surface area contributed by atoms with Crippen molar-refractivity contribution in [2.45, 2.75) is 19.3 Å². The van der Waals surface area contributed by atoms with Gasteiger partial charge in [0.15, 0.2) is 11.5 Å². The molecule has 0 saturated heterocycles. The molecule has 1 aromatic heterocycles. The molecule has 0 spiro atoms. The summed E-state index contributed by atoms with van der Waals surface area (Å²) >= 11 is 0. The number of carbonyl (C=O) groups is 1. The topological polar surface area (TPSA) is 95.7 Å². The maximum atomic E-state index is 13.6. The number of carbonyl (C=O) groups excluding carboxylic acids is 1. The highest BCUT2D eigenvalue weighted by Crippen LogP contribution is 2.40. The zero-order valence-electron chi connectivity index (χ0n) is 16.9. The van der Waals surface area contributed by atoms with Crippen LogP contribution < -0.4 is 19.5 Å². The van der Waals surface area contributed by atoms with Gasteiger partial charge in [-0.25, -0.2) is 4.39 Å². The Labute approximate surface area is 173 Å². The predicted octanol–water partition coefficient (Wildman–Crippen LogP) is 3.86. The quantitative estimate of drug-likeness (QED) is 0.567. The molecule has 0 aliphatic heterocycles. The van der Waals surface area contributed by atoms with Gasteiger partial charge in [-0.2, -0.15) is 4.98 Å². The van der Waals surface area contributed by atoms with E-state index < -0.39 is 5.82 Å². The maximum Gasteiger partial charge on any atom is 0.226 e. The second-order valence-electron chi connectivity index (χ2n) is 6.31. The Morgan fingerprint density at radius 2 is 1.80 bits per heavy atom. The Morgan fingerprint density at radius 3 is 2.43 bits per heavy atom. The minimum absolute atomic E-state index is 0.157. The van der Waals surface area contributed by atoms with E-state index in [9.17, 15) is 9.18 Å². The van der Waals surface area contributed by atoms with Crippen LogP contribution in [0.25, 0.3) is 11.4 Å². The summed E-state index contributed by atoms with van der Waals surface area (Å²) in [4.78, 5) is 16.4. The van der Waals surface area contributed by atoms with Crippen LogP contribution in [0.15, 0.2) is 40.9 Å². The van der Waals surface area contributed by atoms with Crippen molar-refractivity contribution >= 4 is 11.6 Å². The summed E-state index contributed by atoms with van der Waals surface area (Å²) < 4.78 is 34.8. The van der Waals surface area contributed by atoms with Crippen molar-refractivity contribution in [3.8, 4) is 28.6 Å². The lowest BCUT2D eigenvalue weighted by atomic mass is 10.1. The average Bonchev–Trinajstić information content (AvgIpc) is 3.23. The number of anilines is 1. The first-order valence-corrected chi connectivity index (χ1v) is 9.23. The van der Waals surface area contributed by atoms with Gasteiger partial charge in [-0.15, -0.1) is 0 Å². The van der Waals surface area contributed by atoms with Gasteiger partial charge in [0.2, 0.25) is 23.4 Å². The molecule has 0 unspecified atom stereocenters. The maximum absolute atomic E-state index is 13.6. The van der Waals surface area contributed by atoms with Crippen LogP contribution in [0.1, 0.15) is 18.7 Å². The Hall–Kier alpha value is -3.62. The second kappa shape index (κ2) is 9.73. The molecule has 0 atom stereocenters. The number of aromatic nitrogens is 2. The Balaban J connectivity index is 1.61. The zero-order valence-corrected chi connectivity index (χ0v) is 16.9. The van der Waals surface area contributed by atoms with Crippen LogP contribution in [0.4, 0.5) is 10.1 Å². The largest absolute Gasteiger partial charge is 0.493 e. The van der Waals surface area contributed by atoms with E-state index in [2.05, 4.69) is 15.5 Å². The van der Waals surface area contributed by atoms with E-state index in [1.807, 2.05) is 0 Å². The zero-order chi connectivity index (χ0) is 21.5. The molecule has 0 aliphatic carbocycles. The molecule has 0 saturated carbocycles. The lowest BCUT2D eigenvalue weighted by Gasteiger charge is -2.12. The van der Waals surface area contributed by atoms with Crippen molar-refractivity contribution in [3.63, 3.8) is 0 Å². The Kier molecular flexibility index (Phi) is 6.84. The number of aryl methyl sites for hydroxylation is 1. The lowest BCUT2D eigenvalue weighted by molar-refractivity contribution is -0.116. The molecule has 0 bridgehead atoms. The van der Waals surface area contributed by atoms with Crippen LogP contribution in [0.2, 0.25) is 0 Å². The number of hydrogen-bond donors (Lipinski definition) is 1. The van der Waals surface area contributed by atoms with E-state index in [4.69, 9.17) is 18.7 Å². The summed E-state index contributed by atoms with van der Waals surface area (Å²) in [5.41, 5.74) is 0.793. The number of ether oxygens (including phenoxy) is 3. The predicted molar refractivity (Wildman–Crippen MR) is 107 cm³/mol. The summed E-state index contributed by atoms with van der Waals surface area (Å²) in [7, 11) is 4.57. The highest BCUT2D eigenvalue weighted by atomic mass is 19.1. The molecule has 3 aromatic rings. The monoisotopic (exact) mass is 415 g/mol. The average molecular weight is 415 g/mol. The van der Waals surface area contributed by atoms with E-state index in [1.165, 1.54) is 33.5 Å². The van der Waals surface area contributed by atoms with Crippen molar-refractivity contribution < 1.29 is 27.9 Å². The summed E-state index contributed by atoms with van der Waals surface area (Å²) in [6, 6.07) is 9.46. The fraction of sp³-hybridized carbons (Fsp3) is 0.286. The third-order valence-electron chi connectivity index (χ3n) is 4.33. The van der Waals surface area contributed by atoms with Crippen molar-refractivity contribution in [3.05, 3.63) is 48.1 Å². The first kappa shape index (κ1) is 21.1. The third kappa shape index (κ3) is 4.86. The molecule has 0 radical (unpaired) electrons. The highest BCUT2D eigenvalue weighted by molar-refractivity contribution is 5.90. The van der Waals surface area contributed by atoms with Crippen LogP contribution in [0.5, 0.6) is 17.2 Å². The van der Waals surface area contributed by atoms with Crippen molar-refractivity contribution in [2.75, 3.05) is 26.6 Å². The summed E-state index contributed by atoms with van der Waals surface area (Å²) in [6.45, 7) is 0. The Bertz CT molecular complexity index is 996. The number of rotatable bonds is 9. The van der Waals surface area contributed by atoms with Gasteiger partial charge in [0.05, 0.1) is 27.0 Å². The molecule has 3 rings (SSSR count). The van der Waals surface area contributed by atoms with E-state index >= 15 is 0 Å². The molecule has 30 heavy (non-hydrogen) atoms. The van der Waals surface area contributed by atoms with E-state index in [-0.39, 0.29) is 18.0 Å². The summed E-state index contributed by atoms with van der Waals surface area (Å²) in [6.07, 6.45) is 1.06. The number of amides is 1. The Morgan fingerprint density at radius 1 is 1.10 bits per heavy atom. The van der Waals surface area contributed by atoms with E-state index in [1.54, 1.807) is 24.3 Å². The minimum Gasteiger partial charge on any atom is -0.493 e. The first-order chi connectivity index (χ1) is 14.5. The molecule has 9 heteroatoms. The molecular formula is C21H22FN3O5. The van der Waals surface area contributed by atoms with Crippen molar-refractivity contribution in [2.24, 2.45) is 0 Å². The molecule has 2 aromatic carbocycles. The fourth-order valence-corrected chi connectivity index (χ4v) is 2.86. The number of halogens is 1. The van der Waals surface area contributed by atoms with Gasteiger partial charge in [0, 0.05) is 18.4 Å². The van der Waals surface area contributed by atoms with E-state index in [0.29, 0.717) is 47.4 Å². The van der Waals surface area contributed by atoms with Crippen molar-refractivity contribution in [1.29, 1.82) is 0 Å². The number of hydrogen-bond acceptors (Lipinski definition) is 7. The number of para-hydroxylation sites is 1. The molecule has 1 amide bonds. The molecular weight excluding hydrogens is 393 g/mol. The van der Waals surface area contributed by atoms with Crippen molar-refractivity contribution in [1.82, 2.24) is 10.1 Å². The van der Waals surface area contributed by atoms with Gasteiger partial charge >= 0.3 is 0 Å². The molecule has 1 N–H and O–H groups in total. The standard InChI is InChI=1S/C21H22FN3O5/c1-27-16-11-13(12-17(28-2)20(16)29-3)21-24-19(30-25-21)10-6-9-18(26)23-15-8-5-4-7-14(15)22/h4-5,7-8,11-12H,6,9-10H2,1-3H3,(H,23,26).